The third kappa shape index (κ3) is 7.32. The molecule has 1 N–H and O–H groups in total. The summed E-state index contributed by atoms with van der Waals surface area (Å²) in [6, 6.07) is 0. The second-order valence-corrected chi connectivity index (χ2v) is 2.26. The van der Waals surface area contributed by atoms with E-state index in [1.165, 1.54) is 6.92 Å². The Hall–Kier alpha value is -1.04. The van der Waals surface area contributed by atoms with Crippen molar-refractivity contribution in [3.05, 3.63) is 12.2 Å². The quantitative estimate of drug-likeness (QED) is 0.698. The van der Waals surface area contributed by atoms with E-state index in [1.54, 1.807) is 0 Å². The number of halogens is 3. The van der Waals surface area contributed by atoms with Gasteiger partial charge in [-0.1, -0.05) is 6.08 Å². The Labute approximate surface area is 72.8 Å². The van der Waals surface area contributed by atoms with Crippen LogP contribution in [0.1, 0.15) is 6.92 Å². The van der Waals surface area contributed by atoms with Crippen LogP contribution in [0.2, 0.25) is 0 Å². The van der Waals surface area contributed by atoms with Crippen LogP contribution in [0.15, 0.2) is 12.2 Å². The van der Waals surface area contributed by atoms with E-state index in [2.05, 4.69) is 4.74 Å². The molecule has 0 aliphatic rings. The lowest BCUT2D eigenvalue weighted by molar-refractivity contribution is -0.148. The van der Waals surface area contributed by atoms with Crippen molar-refractivity contribution in [1.29, 1.82) is 0 Å². The zero-order valence-electron chi connectivity index (χ0n) is 6.84. The number of rotatable bonds is 4. The Morgan fingerprint density at radius 3 is 2.54 bits per heavy atom. The minimum atomic E-state index is -4.38. The van der Waals surface area contributed by atoms with E-state index < -0.39 is 18.2 Å². The maximum atomic E-state index is 11.5. The maximum Gasteiger partial charge on any atom is 0.409 e. The number of ether oxygens (including phenoxy) is 1. The van der Waals surface area contributed by atoms with Crippen LogP contribution in [0.3, 0.4) is 0 Å². The summed E-state index contributed by atoms with van der Waals surface area (Å²) in [5, 5.41) is 8.27. The molecule has 0 aromatic carbocycles. The molecule has 6 heteroatoms. The van der Waals surface area contributed by atoms with Crippen molar-refractivity contribution in [2.45, 2.75) is 19.2 Å². The first-order valence-electron chi connectivity index (χ1n) is 3.42. The summed E-state index contributed by atoms with van der Waals surface area (Å²) in [6.07, 6.45) is -4.76. The van der Waals surface area contributed by atoms with Gasteiger partial charge in [0, 0.05) is 6.08 Å². The highest BCUT2D eigenvalue weighted by molar-refractivity contribution is 5.71. The molecule has 0 heterocycles. The standard InChI is InChI=1S/C7H9F3O3/c1-5(6(11)12)13-4-2-3-7(8,9)10/h2-3,5H,4H2,1H3,(H,11,12). The lowest BCUT2D eigenvalue weighted by Gasteiger charge is -2.05. The van der Waals surface area contributed by atoms with E-state index in [-0.39, 0.29) is 12.7 Å². The van der Waals surface area contributed by atoms with Gasteiger partial charge in [0.2, 0.25) is 0 Å². The van der Waals surface area contributed by atoms with Gasteiger partial charge in [-0.25, -0.2) is 4.79 Å². The van der Waals surface area contributed by atoms with E-state index in [0.29, 0.717) is 0 Å². The number of carbonyl (C=O) groups is 1. The summed E-state index contributed by atoms with van der Waals surface area (Å²) in [7, 11) is 0. The lowest BCUT2D eigenvalue weighted by Crippen LogP contribution is -2.19. The van der Waals surface area contributed by atoms with Crippen LogP contribution in [-0.4, -0.2) is 30.0 Å². The molecule has 0 bridgehead atoms. The van der Waals surface area contributed by atoms with E-state index in [1.807, 2.05) is 0 Å². The van der Waals surface area contributed by atoms with Gasteiger partial charge in [-0.3, -0.25) is 0 Å². The van der Waals surface area contributed by atoms with Crippen LogP contribution < -0.4 is 0 Å². The van der Waals surface area contributed by atoms with Crippen molar-refractivity contribution < 1.29 is 27.8 Å². The highest BCUT2D eigenvalue weighted by Gasteiger charge is 2.21. The average Bonchev–Trinajstić information content (AvgIpc) is 1.95. The predicted octanol–water partition coefficient (Wildman–Crippen LogP) is 1.59. The lowest BCUT2D eigenvalue weighted by atomic mass is 10.4. The molecule has 1 unspecified atom stereocenters. The molecule has 76 valence electrons. The Balaban J connectivity index is 3.68. The molecule has 0 aromatic rings. The monoisotopic (exact) mass is 198 g/mol. The molecule has 0 aromatic heterocycles. The zero-order valence-corrected chi connectivity index (χ0v) is 6.84. The van der Waals surface area contributed by atoms with Gasteiger partial charge in [0.1, 0.15) is 0 Å². The van der Waals surface area contributed by atoms with E-state index in [0.717, 1.165) is 6.08 Å². The zero-order chi connectivity index (χ0) is 10.5. The first kappa shape index (κ1) is 12.0. The van der Waals surface area contributed by atoms with Gasteiger partial charge < -0.3 is 9.84 Å². The molecule has 0 saturated heterocycles. The molecule has 0 amide bonds. The van der Waals surface area contributed by atoms with Gasteiger partial charge in [0.05, 0.1) is 6.61 Å². The van der Waals surface area contributed by atoms with Crippen LogP contribution in [0.25, 0.3) is 0 Å². The Morgan fingerprint density at radius 2 is 2.15 bits per heavy atom. The van der Waals surface area contributed by atoms with Crippen molar-refractivity contribution in [2.24, 2.45) is 0 Å². The minimum absolute atomic E-state index is 0.00156. The Kier molecular flexibility index (Phi) is 4.47. The molecular weight excluding hydrogens is 189 g/mol. The predicted molar refractivity (Wildman–Crippen MR) is 38.2 cm³/mol. The number of hydrogen-bond acceptors (Lipinski definition) is 2. The number of carboxylic acids is 1. The largest absolute Gasteiger partial charge is 0.479 e. The molecule has 0 aliphatic heterocycles. The fraction of sp³-hybridized carbons (Fsp3) is 0.571. The topological polar surface area (TPSA) is 46.5 Å². The molecule has 0 fully saturated rings. The fourth-order valence-corrected chi connectivity index (χ4v) is 0.453. The van der Waals surface area contributed by atoms with Gasteiger partial charge in [0.25, 0.3) is 0 Å². The van der Waals surface area contributed by atoms with Crippen molar-refractivity contribution >= 4 is 5.97 Å². The van der Waals surface area contributed by atoms with Gasteiger partial charge in [-0.15, -0.1) is 0 Å². The number of carboxylic acid groups (broad SMARTS) is 1. The normalized spacial score (nSPS) is 14.8. The summed E-state index contributed by atoms with van der Waals surface area (Å²) < 4.78 is 39.0. The number of allylic oxidation sites excluding steroid dienone is 1. The minimum Gasteiger partial charge on any atom is -0.479 e. The smallest absolute Gasteiger partial charge is 0.409 e. The van der Waals surface area contributed by atoms with Gasteiger partial charge in [-0.05, 0) is 6.92 Å². The maximum absolute atomic E-state index is 11.5. The molecule has 0 spiro atoms. The fourth-order valence-electron chi connectivity index (χ4n) is 0.453. The molecule has 0 aliphatic carbocycles. The third-order valence-corrected chi connectivity index (χ3v) is 1.10. The van der Waals surface area contributed by atoms with Crippen LogP contribution >= 0.6 is 0 Å². The van der Waals surface area contributed by atoms with Crippen molar-refractivity contribution in [2.75, 3.05) is 6.61 Å². The van der Waals surface area contributed by atoms with Crippen molar-refractivity contribution in [3.8, 4) is 0 Å². The van der Waals surface area contributed by atoms with Gasteiger partial charge in [0.15, 0.2) is 6.10 Å². The Bertz CT molecular complexity index is 198. The first-order chi connectivity index (χ1) is 5.83. The second-order valence-electron chi connectivity index (χ2n) is 2.26. The molecule has 1 atom stereocenters. The SMILES string of the molecule is CC(OCC=CC(F)(F)F)C(=O)O. The molecule has 0 saturated carbocycles. The molecule has 0 rings (SSSR count). The van der Waals surface area contributed by atoms with Gasteiger partial charge in [-0.2, -0.15) is 13.2 Å². The van der Waals surface area contributed by atoms with Crippen LogP contribution in [0.4, 0.5) is 13.2 Å². The van der Waals surface area contributed by atoms with E-state index in [9.17, 15) is 18.0 Å². The average molecular weight is 198 g/mol. The number of alkyl halides is 3. The van der Waals surface area contributed by atoms with E-state index >= 15 is 0 Å². The van der Waals surface area contributed by atoms with Crippen LogP contribution in [-0.2, 0) is 9.53 Å². The highest BCUT2D eigenvalue weighted by Crippen LogP contribution is 2.15. The molecule has 0 radical (unpaired) electrons. The highest BCUT2D eigenvalue weighted by atomic mass is 19.4. The molecule has 13 heavy (non-hydrogen) atoms. The number of hydrogen-bond donors (Lipinski definition) is 1. The summed E-state index contributed by atoms with van der Waals surface area (Å²) >= 11 is 0. The van der Waals surface area contributed by atoms with Crippen molar-refractivity contribution in [1.82, 2.24) is 0 Å². The number of aliphatic carboxylic acids is 1. The van der Waals surface area contributed by atoms with E-state index in [4.69, 9.17) is 5.11 Å². The van der Waals surface area contributed by atoms with Gasteiger partial charge >= 0.3 is 12.1 Å². The summed E-state index contributed by atoms with van der Waals surface area (Å²) in [5.74, 6) is -1.21. The Morgan fingerprint density at radius 1 is 1.62 bits per heavy atom. The summed E-state index contributed by atoms with van der Waals surface area (Å²) in [4.78, 5) is 10.1. The second kappa shape index (κ2) is 4.86. The van der Waals surface area contributed by atoms with Crippen LogP contribution in [0, 0.1) is 0 Å². The summed E-state index contributed by atoms with van der Waals surface area (Å²) in [5.41, 5.74) is 0. The van der Waals surface area contributed by atoms with Crippen molar-refractivity contribution in [3.63, 3.8) is 0 Å². The summed E-state index contributed by atoms with van der Waals surface area (Å²) in [6.45, 7) is 0.872. The van der Waals surface area contributed by atoms with Crippen LogP contribution in [0.5, 0.6) is 0 Å². The first-order valence-corrected chi connectivity index (χ1v) is 3.42. The molecule has 3 nitrogen and oxygen atoms in total. The third-order valence-electron chi connectivity index (χ3n) is 1.10. The molecular formula is C7H9F3O3.